The van der Waals surface area contributed by atoms with E-state index in [-0.39, 0.29) is 35.1 Å². The predicted molar refractivity (Wildman–Crippen MR) is 149 cm³/mol. The zero-order valence-corrected chi connectivity index (χ0v) is 22.4. The summed E-state index contributed by atoms with van der Waals surface area (Å²) in [6, 6.07) is 10.8. The minimum absolute atomic E-state index is 0.000884. The molecule has 0 bridgehead atoms. The van der Waals surface area contributed by atoms with Gasteiger partial charge < -0.3 is 21.3 Å². The number of nitrogens with two attached hydrogens (primary N) is 1. The summed E-state index contributed by atoms with van der Waals surface area (Å²) in [5.41, 5.74) is 6.70. The van der Waals surface area contributed by atoms with Crippen LogP contribution >= 0.6 is 11.6 Å². The number of hydrogen-bond acceptors (Lipinski definition) is 7. The molecular weight excluding hydrogens is 531 g/mol. The number of nitrogens with zero attached hydrogens (tertiary/aromatic N) is 3. The van der Waals surface area contributed by atoms with E-state index in [0.29, 0.717) is 24.8 Å². The maximum absolute atomic E-state index is 13.6. The van der Waals surface area contributed by atoms with Crippen LogP contribution in [0.4, 0.5) is 24.5 Å². The number of anilines is 2. The van der Waals surface area contributed by atoms with Gasteiger partial charge in [-0.1, -0.05) is 11.6 Å². The van der Waals surface area contributed by atoms with Crippen LogP contribution in [-0.4, -0.2) is 67.7 Å². The standard InChI is InChI=1S/C27H33ClF3N7O/c1-34-19-8-11-37(12-9-19)21-5-3-20(4-6-21)36-26(39)23(32)15-24-25(33)35-10-13-38(24)16-17-14-18(28)2-7-22(17)27(29,30)31/h2-7,14,19,24,32,34H,8-13,15-16H2,1H3,(H2,33,35)(H,36,39). The molecule has 2 aromatic carbocycles. The van der Waals surface area contributed by atoms with Crippen LogP contribution in [-0.2, 0) is 17.5 Å². The van der Waals surface area contributed by atoms with Crippen LogP contribution in [0.2, 0.25) is 5.02 Å². The summed E-state index contributed by atoms with van der Waals surface area (Å²) in [4.78, 5) is 21.0. The van der Waals surface area contributed by atoms with Crippen LogP contribution in [0.25, 0.3) is 0 Å². The Morgan fingerprint density at radius 3 is 2.49 bits per heavy atom. The molecule has 2 aromatic rings. The number of carbonyl (C=O) groups excluding carboxylic acids is 1. The lowest BCUT2D eigenvalue weighted by atomic mass is 10.0. The van der Waals surface area contributed by atoms with Crippen LogP contribution in [0.5, 0.6) is 0 Å². The zero-order chi connectivity index (χ0) is 28.2. The largest absolute Gasteiger partial charge is 0.416 e. The molecule has 2 heterocycles. The van der Waals surface area contributed by atoms with Gasteiger partial charge in [0.1, 0.15) is 5.84 Å². The third kappa shape index (κ3) is 7.28. The van der Waals surface area contributed by atoms with Gasteiger partial charge in [-0.3, -0.25) is 20.1 Å². The van der Waals surface area contributed by atoms with Crippen molar-refractivity contribution in [3.8, 4) is 0 Å². The third-order valence-electron chi connectivity index (χ3n) is 7.27. The molecule has 1 saturated heterocycles. The monoisotopic (exact) mass is 563 g/mol. The van der Waals surface area contributed by atoms with E-state index in [9.17, 15) is 18.0 Å². The number of halogens is 4. The second kappa shape index (κ2) is 12.4. The highest BCUT2D eigenvalue weighted by Crippen LogP contribution is 2.34. The number of benzene rings is 2. The first-order chi connectivity index (χ1) is 18.5. The molecule has 5 N–H and O–H groups in total. The Labute approximate surface area is 230 Å². The second-order valence-corrected chi connectivity index (χ2v) is 10.3. The number of alkyl halides is 3. The number of aliphatic imine (C=N–C) groups is 1. The molecule has 39 heavy (non-hydrogen) atoms. The molecule has 0 saturated carbocycles. The van der Waals surface area contributed by atoms with Gasteiger partial charge in [0.25, 0.3) is 5.91 Å². The average Bonchev–Trinajstić information content (AvgIpc) is 2.90. The van der Waals surface area contributed by atoms with E-state index in [2.05, 4.69) is 20.5 Å². The van der Waals surface area contributed by atoms with Crippen LogP contribution in [0.1, 0.15) is 30.4 Å². The smallest absolute Gasteiger partial charge is 0.386 e. The van der Waals surface area contributed by atoms with E-state index in [1.165, 1.54) is 12.1 Å². The fourth-order valence-electron chi connectivity index (χ4n) is 5.04. The molecule has 12 heteroatoms. The Balaban J connectivity index is 1.39. The van der Waals surface area contributed by atoms with E-state index >= 15 is 0 Å². The van der Waals surface area contributed by atoms with Crippen molar-refractivity contribution < 1.29 is 18.0 Å². The summed E-state index contributed by atoms with van der Waals surface area (Å²) >= 11 is 5.99. The van der Waals surface area contributed by atoms with Crippen LogP contribution in [0, 0.1) is 5.41 Å². The molecule has 0 aliphatic carbocycles. The Morgan fingerprint density at radius 2 is 1.85 bits per heavy atom. The Hall–Kier alpha value is -3.15. The Bertz CT molecular complexity index is 1210. The van der Waals surface area contributed by atoms with Gasteiger partial charge in [0.2, 0.25) is 0 Å². The molecule has 0 spiro atoms. The highest BCUT2D eigenvalue weighted by atomic mass is 35.5. The van der Waals surface area contributed by atoms with Crippen LogP contribution < -0.4 is 21.3 Å². The van der Waals surface area contributed by atoms with Gasteiger partial charge in [0.15, 0.2) is 0 Å². The maximum Gasteiger partial charge on any atom is 0.416 e. The topological polar surface area (TPSA) is 110 Å². The van der Waals surface area contributed by atoms with Crippen molar-refractivity contribution >= 4 is 40.4 Å². The molecule has 2 aliphatic heterocycles. The number of hydrogen-bond donors (Lipinski definition) is 4. The molecule has 1 amide bonds. The van der Waals surface area contributed by atoms with Gasteiger partial charge in [-0.2, -0.15) is 13.2 Å². The molecule has 1 atom stereocenters. The van der Waals surface area contributed by atoms with Crippen LogP contribution in [0.3, 0.4) is 0 Å². The minimum Gasteiger partial charge on any atom is -0.386 e. The second-order valence-electron chi connectivity index (χ2n) is 9.83. The van der Waals surface area contributed by atoms with Gasteiger partial charge in [-0.05, 0) is 67.9 Å². The Kier molecular flexibility index (Phi) is 9.14. The highest BCUT2D eigenvalue weighted by molar-refractivity contribution is 6.42. The summed E-state index contributed by atoms with van der Waals surface area (Å²) in [7, 11) is 1.98. The fraction of sp³-hybridized carbons (Fsp3) is 0.444. The van der Waals surface area contributed by atoms with Crippen LogP contribution in [0.15, 0.2) is 47.5 Å². The molecule has 0 radical (unpaired) electrons. The number of piperidine rings is 1. The lowest BCUT2D eigenvalue weighted by Crippen LogP contribution is -2.50. The van der Waals surface area contributed by atoms with Crippen molar-refractivity contribution in [1.82, 2.24) is 10.2 Å². The highest BCUT2D eigenvalue weighted by Gasteiger charge is 2.35. The number of carbonyl (C=O) groups is 1. The van der Waals surface area contributed by atoms with Crippen molar-refractivity contribution in [2.24, 2.45) is 10.7 Å². The summed E-state index contributed by atoms with van der Waals surface area (Å²) < 4.78 is 40.8. The van der Waals surface area contributed by atoms with E-state index in [0.717, 1.165) is 37.7 Å². The fourth-order valence-corrected chi connectivity index (χ4v) is 5.24. The zero-order valence-electron chi connectivity index (χ0n) is 21.7. The Morgan fingerprint density at radius 1 is 1.15 bits per heavy atom. The maximum atomic E-state index is 13.6. The van der Waals surface area contributed by atoms with Gasteiger partial charge in [0.05, 0.1) is 23.9 Å². The van der Waals surface area contributed by atoms with E-state index in [4.69, 9.17) is 22.7 Å². The van der Waals surface area contributed by atoms with Crippen molar-refractivity contribution in [1.29, 1.82) is 5.41 Å². The van der Waals surface area contributed by atoms with Gasteiger partial charge >= 0.3 is 6.18 Å². The SMILES string of the molecule is CNC1CCN(c2ccc(NC(=O)C(=N)CC3C(N)=NCCN3Cc3cc(Cl)ccc3C(F)(F)F)cc2)CC1. The lowest BCUT2D eigenvalue weighted by molar-refractivity contribution is -0.138. The van der Waals surface area contributed by atoms with Crippen molar-refractivity contribution in [2.45, 2.75) is 44.1 Å². The quantitative estimate of drug-likeness (QED) is 0.361. The summed E-state index contributed by atoms with van der Waals surface area (Å²) in [6.07, 6.45) is -2.52. The van der Waals surface area contributed by atoms with Crippen molar-refractivity contribution in [2.75, 3.05) is 43.4 Å². The van der Waals surface area contributed by atoms with Gasteiger partial charge in [-0.15, -0.1) is 0 Å². The molecule has 0 aromatic heterocycles. The van der Waals surface area contributed by atoms with Gasteiger partial charge in [0, 0.05) is 55.0 Å². The molecule has 4 rings (SSSR count). The first-order valence-corrected chi connectivity index (χ1v) is 13.2. The molecule has 1 fully saturated rings. The molecule has 2 aliphatic rings. The molecule has 1 unspecified atom stereocenters. The normalized spacial score (nSPS) is 19.1. The molecular formula is C27H33ClF3N7O. The molecule has 210 valence electrons. The number of amidine groups is 1. The van der Waals surface area contributed by atoms with Gasteiger partial charge in [-0.25, -0.2) is 0 Å². The number of rotatable bonds is 8. The third-order valence-corrected chi connectivity index (χ3v) is 7.51. The predicted octanol–water partition coefficient (Wildman–Crippen LogP) is 4.14. The number of nitrogens with one attached hydrogen (secondary N) is 3. The summed E-state index contributed by atoms with van der Waals surface area (Å²) in [6.45, 7) is 2.43. The lowest BCUT2D eigenvalue weighted by Gasteiger charge is -2.34. The molecule has 8 nitrogen and oxygen atoms in total. The summed E-state index contributed by atoms with van der Waals surface area (Å²) in [5.74, 6) is -0.421. The first kappa shape index (κ1) is 28.8. The first-order valence-electron chi connectivity index (χ1n) is 12.9. The van der Waals surface area contributed by atoms with E-state index in [1.54, 1.807) is 17.0 Å². The minimum atomic E-state index is -4.55. The average molecular weight is 564 g/mol. The summed E-state index contributed by atoms with van der Waals surface area (Å²) in [5, 5.41) is 14.6. The van der Waals surface area contributed by atoms with E-state index in [1.807, 2.05) is 19.2 Å². The van der Waals surface area contributed by atoms with Crippen molar-refractivity contribution in [3.63, 3.8) is 0 Å². The number of amides is 1. The van der Waals surface area contributed by atoms with E-state index < -0.39 is 23.7 Å². The van der Waals surface area contributed by atoms with Crippen molar-refractivity contribution in [3.05, 3.63) is 58.6 Å².